The van der Waals surface area contributed by atoms with Crippen LogP contribution in [0.2, 0.25) is 10.0 Å². The van der Waals surface area contributed by atoms with E-state index in [1.807, 2.05) is 0 Å². The van der Waals surface area contributed by atoms with Crippen molar-refractivity contribution in [2.24, 2.45) is 5.73 Å². The molecule has 29 heavy (non-hydrogen) atoms. The Morgan fingerprint density at radius 1 is 1.24 bits per heavy atom. The number of nitrogens with two attached hydrogens (primary N) is 2. The van der Waals surface area contributed by atoms with E-state index in [-0.39, 0.29) is 22.6 Å². The maximum absolute atomic E-state index is 11.7. The lowest BCUT2D eigenvalue weighted by atomic mass is 10.1. The summed E-state index contributed by atoms with van der Waals surface area (Å²) in [5.41, 5.74) is 12.9. The lowest BCUT2D eigenvalue weighted by Gasteiger charge is -2.37. The van der Waals surface area contributed by atoms with Crippen LogP contribution < -0.4 is 16.8 Å². The van der Waals surface area contributed by atoms with Crippen molar-refractivity contribution in [1.29, 1.82) is 0 Å². The number of benzene rings is 1. The number of halogens is 2. The van der Waals surface area contributed by atoms with Crippen molar-refractivity contribution in [3.8, 4) is 11.3 Å². The van der Waals surface area contributed by atoms with Crippen molar-refractivity contribution in [2.45, 2.75) is 6.04 Å². The first-order valence-electron chi connectivity index (χ1n) is 8.34. The van der Waals surface area contributed by atoms with Crippen LogP contribution in [0.25, 0.3) is 21.5 Å². The van der Waals surface area contributed by atoms with Crippen LogP contribution in [0.1, 0.15) is 9.67 Å². The van der Waals surface area contributed by atoms with Gasteiger partial charge in [0, 0.05) is 18.7 Å². The molecule has 12 heteroatoms. The lowest BCUT2D eigenvalue weighted by Crippen LogP contribution is -2.56. The predicted octanol–water partition coefficient (Wildman–Crippen LogP) is 3.12. The van der Waals surface area contributed by atoms with E-state index in [0.29, 0.717) is 44.6 Å². The molecule has 2 aromatic heterocycles. The zero-order valence-electron chi connectivity index (χ0n) is 14.6. The first-order chi connectivity index (χ1) is 13.7. The van der Waals surface area contributed by atoms with Crippen molar-refractivity contribution in [3.05, 3.63) is 33.1 Å². The zero-order valence-corrected chi connectivity index (χ0v) is 17.0. The Morgan fingerprint density at radius 2 is 1.97 bits per heavy atom. The maximum Gasteiger partial charge on any atom is 0.407 e. The highest BCUT2D eigenvalue weighted by Crippen LogP contribution is 2.40. The number of carboxylic acid groups (broad SMARTS) is 1. The van der Waals surface area contributed by atoms with E-state index < -0.39 is 12.0 Å². The summed E-state index contributed by atoms with van der Waals surface area (Å²) in [5.74, 6) is -0.373. The van der Waals surface area contributed by atoms with Crippen LogP contribution in [0.5, 0.6) is 0 Å². The highest BCUT2D eigenvalue weighted by molar-refractivity contribution is 7.21. The SMILES string of the molecule is NC(=O)c1sc2nc(NC3CN(C(=O)O)C3)nc(-c3ccc(Cl)c(Cl)c3)c2c1N. The molecule has 1 fully saturated rings. The lowest BCUT2D eigenvalue weighted by molar-refractivity contribution is 0.100. The van der Waals surface area contributed by atoms with Gasteiger partial charge in [0.15, 0.2) is 0 Å². The number of nitrogen functional groups attached to an aromatic ring is 1. The fraction of sp³-hybridized carbons (Fsp3) is 0.176. The molecule has 4 rings (SSSR count). The molecule has 1 aliphatic rings. The molecule has 1 aliphatic heterocycles. The average molecular weight is 453 g/mol. The van der Waals surface area contributed by atoms with Gasteiger partial charge < -0.3 is 26.8 Å². The summed E-state index contributed by atoms with van der Waals surface area (Å²) in [5, 5.41) is 13.3. The fourth-order valence-electron chi connectivity index (χ4n) is 3.03. The number of fused-ring (bicyclic) bond motifs is 1. The van der Waals surface area contributed by atoms with E-state index in [9.17, 15) is 9.59 Å². The van der Waals surface area contributed by atoms with Crippen molar-refractivity contribution in [2.75, 3.05) is 24.1 Å². The van der Waals surface area contributed by atoms with E-state index in [4.69, 9.17) is 39.8 Å². The number of carbonyl (C=O) groups excluding carboxylic acids is 1. The first kappa shape index (κ1) is 19.5. The molecule has 3 heterocycles. The van der Waals surface area contributed by atoms with E-state index in [0.717, 1.165) is 11.3 Å². The minimum absolute atomic E-state index is 0.127. The minimum Gasteiger partial charge on any atom is -0.465 e. The highest BCUT2D eigenvalue weighted by Gasteiger charge is 2.31. The molecule has 0 radical (unpaired) electrons. The summed E-state index contributed by atoms with van der Waals surface area (Å²) in [6, 6.07) is 4.88. The third-order valence-electron chi connectivity index (χ3n) is 4.49. The molecule has 2 amide bonds. The van der Waals surface area contributed by atoms with Gasteiger partial charge in [-0.1, -0.05) is 29.3 Å². The molecule has 6 N–H and O–H groups in total. The van der Waals surface area contributed by atoms with Gasteiger partial charge in [0.1, 0.15) is 9.71 Å². The molecule has 0 aliphatic carbocycles. The Labute approximate surface area is 178 Å². The number of thiophene rings is 1. The number of aromatic nitrogens is 2. The predicted molar refractivity (Wildman–Crippen MR) is 113 cm³/mol. The van der Waals surface area contributed by atoms with Crippen LogP contribution in [0, 0.1) is 0 Å². The first-order valence-corrected chi connectivity index (χ1v) is 9.91. The van der Waals surface area contributed by atoms with Gasteiger partial charge in [-0.3, -0.25) is 4.79 Å². The number of hydrogen-bond acceptors (Lipinski definition) is 7. The van der Waals surface area contributed by atoms with Crippen LogP contribution in [0.3, 0.4) is 0 Å². The topological polar surface area (TPSA) is 147 Å². The van der Waals surface area contributed by atoms with Crippen molar-refractivity contribution >= 4 is 68.4 Å². The normalized spacial score (nSPS) is 14.1. The molecule has 9 nitrogen and oxygen atoms in total. The number of rotatable bonds is 4. The molecule has 0 spiro atoms. The maximum atomic E-state index is 11.7. The van der Waals surface area contributed by atoms with Crippen molar-refractivity contribution in [3.63, 3.8) is 0 Å². The number of anilines is 2. The molecular weight excluding hydrogens is 439 g/mol. The second-order valence-electron chi connectivity index (χ2n) is 6.44. The van der Waals surface area contributed by atoms with Crippen molar-refractivity contribution < 1.29 is 14.7 Å². The van der Waals surface area contributed by atoms with E-state index in [1.54, 1.807) is 18.2 Å². The van der Waals surface area contributed by atoms with Crippen LogP contribution >= 0.6 is 34.5 Å². The molecule has 0 unspecified atom stereocenters. The van der Waals surface area contributed by atoms with Crippen molar-refractivity contribution in [1.82, 2.24) is 14.9 Å². The highest BCUT2D eigenvalue weighted by atomic mass is 35.5. The van der Waals surface area contributed by atoms with Gasteiger partial charge in [-0.25, -0.2) is 14.8 Å². The number of primary amides is 1. The largest absolute Gasteiger partial charge is 0.465 e. The van der Waals surface area contributed by atoms with Gasteiger partial charge in [-0.15, -0.1) is 11.3 Å². The minimum atomic E-state index is -0.979. The number of nitrogens with zero attached hydrogens (tertiary/aromatic N) is 3. The second-order valence-corrected chi connectivity index (χ2v) is 8.26. The van der Waals surface area contributed by atoms with Crippen LogP contribution in [-0.2, 0) is 0 Å². The van der Waals surface area contributed by atoms with E-state index >= 15 is 0 Å². The summed E-state index contributed by atoms with van der Waals surface area (Å²) < 4.78 is 0. The van der Waals surface area contributed by atoms with E-state index in [2.05, 4.69) is 15.3 Å². The Balaban J connectivity index is 1.81. The van der Waals surface area contributed by atoms with Gasteiger partial charge in [0.2, 0.25) is 5.95 Å². The molecule has 1 saturated heterocycles. The summed E-state index contributed by atoms with van der Waals surface area (Å²) in [4.78, 5) is 33.6. The summed E-state index contributed by atoms with van der Waals surface area (Å²) in [6.07, 6.45) is -0.979. The molecule has 0 atom stereocenters. The Bertz CT molecular complexity index is 1160. The monoisotopic (exact) mass is 452 g/mol. The Hall–Kier alpha value is -2.82. The second kappa shape index (κ2) is 7.21. The zero-order chi connectivity index (χ0) is 20.9. The summed E-state index contributed by atoms with van der Waals surface area (Å²) in [6.45, 7) is 0.635. The standard InChI is InChI=1S/C17H14Cl2N6O3S/c18-8-2-1-6(3-9(8)19)12-10-11(20)13(14(21)26)29-15(10)24-16(23-12)22-7-4-25(5-7)17(27)28/h1-3,7H,4-5,20H2,(H2,21,26)(H,27,28)(H,22,23,24). The fourth-order valence-corrected chi connectivity index (χ4v) is 4.28. The van der Waals surface area contributed by atoms with Gasteiger partial charge >= 0.3 is 6.09 Å². The van der Waals surface area contributed by atoms with Gasteiger partial charge in [0.25, 0.3) is 5.91 Å². The van der Waals surface area contributed by atoms with E-state index in [1.165, 1.54) is 4.90 Å². The van der Waals surface area contributed by atoms with Gasteiger partial charge in [-0.05, 0) is 12.1 Å². The molecule has 1 aromatic carbocycles. The molecular formula is C17H14Cl2N6O3S. The molecule has 150 valence electrons. The van der Waals surface area contributed by atoms with Crippen LogP contribution in [0.4, 0.5) is 16.4 Å². The third kappa shape index (κ3) is 3.50. The molecule has 0 saturated carbocycles. The number of nitrogens with one attached hydrogen (secondary N) is 1. The van der Waals surface area contributed by atoms with Gasteiger partial charge in [0.05, 0.1) is 32.9 Å². The molecule has 3 aromatic rings. The number of likely N-dealkylation sites (tertiary alicyclic amines) is 1. The van der Waals surface area contributed by atoms with Crippen LogP contribution in [0.15, 0.2) is 18.2 Å². The van der Waals surface area contributed by atoms with Crippen LogP contribution in [-0.4, -0.2) is 51.1 Å². The average Bonchev–Trinajstić information content (AvgIpc) is 2.96. The Kier molecular flexibility index (Phi) is 4.85. The molecule has 0 bridgehead atoms. The summed E-state index contributed by atoms with van der Waals surface area (Å²) in [7, 11) is 0. The third-order valence-corrected chi connectivity index (χ3v) is 6.34. The smallest absolute Gasteiger partial charge is 0.407 e. The quantitative estimate of drug-likeness (QED) is 0.474. The number of amides is 2. The number of carbonyl (C=O) groups is 2. The Morgan fingerprint density at radius 3 is 2.59 bits per heavy atom. The van der Waals surface area contributed by atoms with Gasteiger partial charge in [-0.2, -0.15) is 0 Å². The summed E-state index contributed by atoms with van der Waals surface area (Å²) >= 11 is 13.2. The number of hydrogen-bond donors (Lipinski definition) is 4.